The first kappa shape index (κ1) is 16.7. The van der Waals surface area contributed by atoms with Crippen LogP contribution in [0.15, 0.2) is 22.7 Å². The van der Waals surface area contributed by atoms with Gasteiger partial charge in [0.1, 0.15) is 11.6 Å². The molecule has 0 amide bonds. The number of rotatable bonds is 3. The second kappa shape index (κ2) is 6.60. The molecule has 1 nitrogen and oxygen atoms in total. The zero-order valence-corrected chi connectivity index (χ0v) is 14.7. The van der Waals surface area contributed by atoms with Crippen LogP contribution in [0.5, 0.6) is 0 Å². The molecule has 1 aromatic rings. The van der Waals surface area contributed by atoms with Crippen molar-refractivity contribution in [3.05, 3.63) is 34.1 Å². The molecule has 0 aromatic heterocycles. The van der Waals surface area contributed by atoms with E-state index in [1.54, 1.807) is 12.1 Å². The van der Waals surface area contributed by atoms with Crippen LogP contribution in [0, 0.1) is 23.1 Å². The van der Waals surface area contributed by atoms with Gasteiger partial charge in [-0.05, 0) is 70.6 Å². The summed E-state index contributed by atoms with van der Waals surface area (Å²) in [6.07, 6.45) is 4.72. The summed E-state index contributed by atoms with van der Waals surface area (Å²) in [5.74, 6) is 0.937. The highest BCUT2D eigenvalue weighted by Crippen LogP contribution is 2.40. The average Bonchev–Trinajstić information content (AvgIpc) is 2.42. The zero-order chi connectivity index (χ0) is 15.6. The Morgan fingerprint density at radius 3 is 2.38 bits per heavy atom. The maximum atomic E-state index is 13.2. The molecule has 0 aliphatic heterocycles. The number of halogens is 2. The van der Waals surface area contributed by atoms with Gasteiger partial charge in [-0.1, -0.05) is 26.8 Å². The summed E-state index contributed by atoms with van der Waals surface area (Å²) in [5.41, 5.74) is 1.24. The number of hydrogen-bond donors (Lipinski definition) is 0. The molecule has 1 saturated carbocycles. The third kappa shape index (κ3) is 4.38. The van der Waals surface area contributed by atoms with E-state index in [0.717, 1.165) is 37.2 Å². The van der Waals surface area contributed by atoms with Crippen LogP contribution in [0.4, 0.5) is 4.39 Å². The van der Waals surface area contributed by atoms with Crippen molar-refractivity contribution in [2.45, 2.75) is 52.9 Å². The Morgan fingerprint density at radius 1 is 1.24 bits per heavy atom. The summed E-state index contributed by atoms with van der Waals surface area (Å²) in [6, 6.07) is 4.84. The molecule has 1 aliphatic rings. The summed E-state index contributed by atoms with van der Waals surface area (Å²) >= 11 is 3.18. The molecule has 0 bridgehead atoms. The molecular weight excluding hydrogens is 331 g/mol. The topological polar surface area (TPSA) is 17.1 Å². The van der Waals surface area contributed by atoms with Crippen LogP contribution in [0.3, 0.4) is 0 Å². The van der Waals surface area contributed by atoms with Gasteiger partial charge >= 0.3 is 0 Å². The number of carbonyl (C=O) groups is 1. The van der Waals surface area contributed by atoms with E-state index in [1.165, 1.54) is 6.07 Å². The Kier molecular flexibility index (Phi) is 5.24. The monoisotopic (exact) mass is 354 g/mol. The molecule has 0 unspecified atom stereocenters. The van der Waals surface area contributed by atoms with E-state index in [-0.39, 0.29) is 11.7 Å². The van der Waals surface area contributed by atoms with Gasteiger partial charge in [0.25, 0.3) is 0 Å². The molecule has 1 aliphatic carbocycles. The van der Waals surface area contributed by atoms with E-state index in [0.29, 0.717) is 22.1 Å². The predicted octanol–water partition coefficient (Wildman–Crippen LogP) is 5.55. The summed E-state index contributed by atoms with van der Waals surface area (Å²) in [7, 11) is 0. The van der Waals surface area contributed by atoms with E-state index >= 15 is 0 Å². The standard InChI is InChI=1S/C18H24BrFO/c1-18(2,3)14-7-5-13(6-8-14)17(21)11-12-4-9-16(20)15(19)10-12/h4,9-10,13-14H,5-8,11H2,1-3H3. The second-order valence-electron chi connectivity index (χ2n) is 7.31. The van der Waals surface area contributed by atoms with Gasteiger partial charge in [-0.15, -0.1) is 0 Å². The number of hydrogen-bond acceptors (Lipinski definition) is 1. The van der Waals surface area contributed by atoms with E-state index in [4.69, 9.17) is 0 Å². The van der Waals surface area contributed by atoms with Crippen LogP contribution < -0.4 is 0 Å². The first-order valence-electron chi connectivity index (χ1n) is 7.74. The zero-order valence-electron chi connectivity index (χ0n) is 13.1. The van der Waals surface area contributed by atoms with Crippen molar-refractivity contribution < 1.29 is 9.18 Å². The normalized spacial score (nSPS) is 23.1. The molecule has 0 saturated heterocycles. The van der Waals surface area contributed by atoms with Crippen LogP contribution in [0.2, 0.25) is 0 Å². The highest BCUT2D eigenvalue weighted by molar-refractivity contribution is 9.10. The van der Waals surface area contributed by atoms with Crippen molar-refractivity contribution in [2.24, 2.45) is 17.3 Å². The van der Waals surface area contributed by atoms with E-state index in [9.17, 15) is 9.18 Å². The lowest BCUT2D eigenvalue weighted by Crippen LogP contribution is -2.29. The lowest BCUT2D eigenvalue weighted by molar-refractivity contribution is -0.123. The number of carbonyl (C=O) groups excluding carboxylic acids is 1. The van der Waals surface area contributed by atoms with Gasteiger partial charge < -0.3 is 0 Å². The average molecular weight is 355 g/mol. The Balaban J connectivity index is 1.92. The fourth-order valence-electron chi connectivity index (χ4n) is 3.28. The molecule has 0 N–H and O–H groups in total. The van der Waals surface area contributed by atoms with E-state index in [1.807, 2.05) is 0 Å². The first-order valence-corrected chi connectivity index (χ1v) is 8.53. The van der Waals surface area contributed by atoms with Gasteiger partial charge in [0, 0.05) is 12.3 Å². The first-order chi connectivity index (χ1) is 9.77. The van der Waals surface area contributed by atoms with Gasteiger partial charge in [-0.25, -0.2) is 4.39 Å². The molecule has 0 radical (unpaired) electrons. The SMILES string of the molecule is CC(C)(C)C1CCC(C(=O)Cc2ccc(F)c(Br)c2)CC1. The van der Waals surface area contributed by atoms with E-state index in [2.05, 4.69) is 36.7 Å². The van der Waals surface area contributed by atoms with Crippen LogP contribution in [-0.4, -0.2) is 5.78 Å². The largest absolute Gasteiger partial charge is 0.299 e. The van der Waals surface area contributed by atoms with Crippen LogP contribution in [0.1, 0.15) is 52.0 Å². The van der Waals surface area contributed by atoms with Gasteiger partial charge in [-0.3, -0.25) is 4.79 Å². The molecule has 116 valence electrons. The Bertz CT molecular complexity index is 510. The second-order valence-corrected chi connectivity index (χ2v) is 8.16. The molecule has 0 heterocycles. The van der Waals surface area contributed by atoms with Crippen molar-refractivity contribution in [2.75, 3.05) is 0 Å². The molecule has 2 rings (SSSR count). The molecule has 0 atom stereocenters. The minimum atomic E-state index is -0.281. The molecule has 0 spiro atoms. The Hall–Kier alpha value is -0.700. The summed E-state index contributed by atoms with van der Waals surface area (Å²) < 4.78 is 13.6. The van der Waals surface area contributed by atoms with Crippen molar-refractivity contribution >= 4 is 21.7 Å². The lowest BCUT2D eigenvalue weighted by atomic mass is 9.69. The van der Waals surface area contributed by atoms with Gasteiger partial charge in [0.15, 0.2) is 0 Å². The van der Waals surface area contributed by atoms with E-state index < -0.39 is 0 Å². The molecular formula is C18H24BrFO. The fourth-order valence-corrected chi connectivity index (χ4v) is 3.70. The highest BCUT2D eigenvalue weighted by Gasteiger charge is 2.32. The fraction of sp³-hybridized carbons (Fsp3) is 0.611. The maximum absolute atomic E-state index is 13.2. The summed E-state index contributed by atoms with van der Waals surface area (Å²) in [5, 5.41) is 0. The molecule has 1 aromatic carbocycles. The van der Waals surface area contributed by atoms with Gasteiger partial charge in [-0.2, -0.15) is 0 Å². The molecule has 1 fully saturated rings. The minimum Gasteiger partial charge on any atom is -0.299 e. The summed E-state index contributed by atoms with van der Waals surface area (Å²) in [6.45, 7) is 6.86. The van der Waals surface area contributed by atoms with Crippen LogP contribution in [0.25, 0.3) is 0 Å². The number of ketones is 1. The Labute approximate surface area is 135 Å². The van der Waals surface area contributed by atoms with Crippen LogP contribution in [-0.2, 0) is 11.2 Å². The quantitative estimate of drug-likeness (QED) is 0.695. The highest BCUT2D eigenvalue weighted by atomic mass is 79.9. The van der Waals surface area contributed by atoms with Crippen molar-refractivity contribution in [1.82, 2.24) is 0 Å². The molecule has 21 heavy (non-hydrogen) atoms. The number of Topliss-reactive ketones (excluding diaryl/α,β-unsaturated/α-hetero) is 1. The van der Waals surface area contributed by atoms with Gasteiger partial charge in [0.05, 0.1) is 4.47 Å². The summed E-state index contributed by atoms with van der Waals surface area (Å²) in [4.78, 5) is 12.4. The van der Waals surface area contributed by atoms with Crippen LogP contribution >= 0.6 is 15.9 Å². The third-order valence-corrected chi connectivity index (χ3v) is 5.38. The minimum absolute atomic E-state index is 0.187. The predicted molar refractivity (Wildman–Crippen MR) is 87.7 cm³/mol. The number of benzene rings is 1. The molecule has 3 heteroatoms. The van der Waals surface area contributed by atoms with Gasteiger partial charge in [0.2, 0.25) is 0 Å². The van der Waals surface area contributed by atoms with Crippen molar-refractivity contribution in [3.63, 3.8) is 0 Å². The Morgan fingerprint density at radius 2 is 1.86 bits per heavy atom. The van der Waals surface area contributed by atoms with Crippen molar-refractivity contribution in [1.29, 1.82) is 0 Å². The maximum Gasteiger partial charge on any atom is 0.140 e. The van der Waals surface area contributed by atoms with Crippen molar-refractivity contribution in [3.8, 4) is 0 Å². The lowest BCUT2D eigenvalue weighted by Gasteiger charge is -2.36. The smallest absolute Gasteiger partial charge is 0.140 e. The third-order valence-electron chi connectivity index (χ3n) is 4.77.